The molecular formula is C25H33N3O3. The maximum atomic E-state index is 12.4. The van der Waals surface area contributed by atoms with E-state index < -0.39 is 0 Å². The molecule has 31 heavy (non-hydrogen) atoms. The lowest BCUT2D eigenvalue weighted by Crippen LogP contribution is -2.21. The fraction of sp³-hybridized carbons (Fsp3) is 0.440. The SMILES string of the molecule is CC(C)(C)c1cc(C2=NOC(CC(=O)Nc3ccc(N)cc3)C2)cc(C(C)(C)C)c1O. The summed E-state index contributed by atoms with van der Waals surface area (Å²) < 4.78 is 0. The smallest absolute Gasteiger partial charge is 0.228 e. The van der Waals surface area contributed by atoms with Gasteiger partial charge in [-0.25, -0.2) is 0 Å². The van der Waals surface area contributed by atoms with Gasteiger partial charge in [-0.2, -0.15) is 0 Å². The monoisotopic (exact) mass is 423 g/mol. The van der Waals surface area contributed by atoms with Crippen molar-refractivity contribution < 1.29 is 14.7 Å². The van der Waals surface area contributed by atoms with E-state index in [1.54, 1.807) is 24.3 Å². The number of aromatic hydroxyl groups is 1. The van der Waals surface area contributed by atoms with Crippen LogP contribution in [0, 0.1) is 0 Å². The van der Waals surface area contributed by atoms with Crippen LogP contribution in [0.3, 0.4) is 0 Å². The first-order chi connectivity index (χ1) is 14.3. The molecular weight excluding hydrogens is 390 g/mol. The Kier molecular flexibility index (Phi) is 6.03. The fourth-order valence-electron chi connectivity index (χ4n) is 3.64. The fourth-order valence-corrected chi connectivity index (χ4v) is 3.64. The number of oxime groups is 1. The Morgan fingerprint density at radius 3 is 2.16 bits per heavy atom. The maximum absolute atomic E-state index is 12.4. The zero-order valence-electron chi connectivity index (χ0n) is 19.2. The van der Waals surface area contributed by atoms with E-state index in [9.17, 15) is 9.90 Å². The topological polar surface area (TPSA) is 96.9 Å². The summed E-state index contributed by atoms with van der Waals surface area (Å²) >= 11 is 0. The average molecular weight is 424 g/mol. The number of hydrogen-bond acceptors (Lipinski definition) is 5. The summed E-state index contributed by atoms with van der Waals surface area (Å²) in [5.41, 5.74) is 10.0. The summed E-state index contributed by atoms with van der Waals surface area (Å²) in [5.74, 6) is 0.199. The summed E-state index contributed by atoms with van der Waals surface area (Å²) in [5, 5.41) is 18.1. The number of amides is 1. The van der Waals surface area contributed by atoms with Crippen LogP contribution < -0.4 is 11.1 Å². The Hall–Kier alpha value is -3.02. The molecule has 0 radical (unpaired) electrons. The van der Waals surface area contributed by atoms with Crippen molar-refractivity contribution in [1.82, 2.24) is 0 Å². The highest BCUT2D eigenvalue weighted by Gasteiger charge is 2.30. The van der Waals surface area contributed by atoms with Crippen molar-refractivity contribution in [3.05, 3.63) is 53.1 Å². The number of benzene rings is 2. The van der Waals surface area contributed by atoms with Gasteiger partial charge in [-0.1, -0.05) is 46.7 Å². The van der Waals surface area contributed by atoms with Crippen LogP contribution in [0.2, 0.25) is 0 Å². The molecule has 6 nitrogen and oxygen atoms in total. The molecule has 0 aromatic heterocycles. The number of nitrogens with zero attached hydrogens (tertiary/aromatic N) is 1. The van der Waals surface area contributed by atoms with Crippen LogP contribution in [-0.2, 0) is 20.5 Å². The molecule has 0 bridgehead atoms. The van der Waals surface area contributed by atoms with Crippen LogP contribution in [0.25, 0.3) is 0 Å². The minimum Gasteiger partial charge on any atom is -0.507 e. The minimum absolute atomic E-state index is 0.136. The van der Waals surface area contributed by atoms with Crippen LogP contribution in [0.1, 0.15) is 71.1 Å². The summed E-state index contributed by atoms with van der Waals surface area (Å²) in [6.07, 6.45) is 0.412. The van der Waals surface area contributed by atoms with E-state index in [0.717, 1.165) is 22.4 Å². The zero-order chi connectivity index (χ0) is 23.0. The number of hydrogen-bond donors (Lipinski definition) is 3. The molecule has 0 saturated carbocycles. The van der Waals surface area contributed by atoms with Gasteiger partial charge in [-0.3, -0.25) is 4.79 Å². The quantitative estimate of drug-likeness (QED) is 0.597. The molecule has 0 aliphatic carbocycles. The van der Waals surface area contributed by atoms with Gasteiger partial charge in [0, 0.05) is 34.5 Å². The summed E-state index contributed by atoms with van der Waals surface area (Å²) in [6.45, 7) is 12.5. The number of nitrogens with one attached hydrogen (secondary N) is 1. The van der Waals surface area contributed by atoms with E-state index >= 15 is 0 Å². The molecule has 0 spiro atoms. The summed E-state index contributed by atoms with van der Waals surface area (Å²) in [4.78, 5) is 18.0. The molecule has 0 fully saturated rings. The lowest BCUT2D eigenvalue weighted by atomic mass is 9.78. The van der Waals surface area contributed by atoms with Crippen molar-refractivity contribution in [2.24, 2.45) is 5.16 Å². The first-order valence-electron chi connectivity index (χ1n) is 10.6. The lowest BCUT2D eigenvalue weighted by molar-refractivity contribution is -0.118. The van der Waals surface area contributed by atoms with Gasteiger partial charge in [-0.15, -0.1) is 0 Å². The molecule has 6 heteroatoms. The number of phenols is 1. The van der Waals surface area contributed by atoms with Gasteiger partial charge in [0.2, 0.25) is 5.91 Å². The molecule has 1 amide bonds. The van der Waals surface area contributed by atoms with E-state index in [1.165, 1.54) is 0 Å². The van der Waals surface area contributed by atoms with Gasteiger partial charge in [0.25, 0.3) is 0 Å². The van der Waals surface area contributed by atoms with Gasteiger partial charge in [0.05, 0.1) is 12.1 Å². The second kappa shape index (κ2) is 8.25. The lowest BCUT2D eigenvalue weighted by Gasteiger charge is -2.28. The molecule has 2 aromatic rings. The molecule has 1 heterocycles. The third-order valence-electron chi connectivity index (χ3n) is 5.40. The van der Waals surface area contributed by atoms with E-state index in [2.05, 4.69) is 52.0 Å². The maximum Gasteiger partial charge on any atom is 0.228 e. The van der Waals surface area contributed by atoms with Crippen LogP contribution >= 0.6 is 0 Å². The van der Waals surface area contributed by atoms with Crippen molar-refractivity contribution in [2.45, 2.75) is 71.3 Å². The van der Waals surface area contributed by atoms with Gasteiger partial charge in [0.15, 0.2) is 0 Å². The normalized spacial score (nSPS) is 16.6. The Morgan fingerprint density at radius 1 is 1.10 bits per heavy atom. The third kappa shape index (κ3) is 5.37. The molecule has 3 rings (SSSR count). The highest BCUT2D eigenvalue weighted by molar-refractivity contribution is 6.02. The zero-order valence-corrected chi connectivity index (χ0v) is 19.2. The molecule has 2 aromatic carbocycles. The average Bonchev–Trinajstić information content (AvgIpc) is 3.10. The van der Waals surface area contributed by atoms with Gasteiger partial charge in [0.1, 0.15) is 11.9 Å². The molecule has 1 unspecified atom stereocenters. The van der Waals surface area contributed by atoms with Crippen molar-refractivity contribution in [2.75, 3.05) is 11.1 Å². The number of rotatable bonds is 4. The van der Waals surface area contributed by atoms with Crippen LogP contribution in [0.15, 0.2) is 41.6 Å². The predicted molar refractivity (Wildman–Crippen MR) is 126 cm³/mol. The van der Waals surface area contributed by atoms with Crippen LogP contribution in [-0.4, -0.2) is 22.8 Å². The van der Waals surface area contributed by atoms with Crippen LogP contribution in [0.4, 0.5) is 11.4 Å². The number of carbonyl (C=O) groups is 1. The van der Waals surface area contributed by atoms with E-state index in [-0.39, 0.29) is 29.3 Å². The Morgan fingerprint density at radius 2 is 1.65 bits per heavy atom. The van der Waals surface area contributed by atoms with Crippen LogP contribution in [0.5, 0.6) is 5.75 Å². The van der Waals surface area contributed by atoms with Crippen molar-refractivity contribution in [3.8, 4) is 5.75 Å². The second-order valence-corrected chi connectivity index (χ2v) is 10.3. The van der Waals surface area contributed by atoms with Crippen molar-refractivity contribution >= 4 is 23.0 Å². The van der Waals surface area contributed by atoms with E-state index in [0.29, 0.717) is 23.5 Å². The van der Waals surface area contributed by atoms with Gasteiger partial charge >= 0.3 is 0 Å². The molecule has 166 valence electrons. The van der Waals surface area contributed by atoms with Crippen molar-refractivity contribution in [3.63, 3.8) is 0 Å². The highest BCUT2D eigenvalue weighted by atomic mass is 16.6. The Labute approximate surface area is 184 Å². The number of carbonyl (C=O) groups excluding carboxylic acids is 1. The first kappa shape index (κ1) is 22.7. The summed E-state index contributed by atoms with van der Waals surface area (Å²) in [6, 6.07) is 11.0. The predicted octanol–water partition coefficient (Wildman–Crippen LogP) is 5.09. The first-order valence-corrected chi connectivity index (χ1v) is 10.6. The summed E-state index contributed by atoms with van der Waals surface area (Å²) in [7, 11) is 0. The molecule has 1 atom stereocenters. The van der Waals surface area contributed by atoms with E-state index in [4.69, 9.17) is 10.6 Å². The highest BCUT2D eigenvalue weighted by Crippen LogP contribution is 2.40. The molecule has 1 aliphatic rings. The molecule has 1 aliphatic heterocycles. The number of nitrogens with two attached hydrogens (primary N) is 1. The third-order valence-corrected chi connectivity index (χ3v) is 5.40. The number of nitrogen functional groups attached to an aromatic ring is 1. The number of anilines is 2. The van der Waals surface area contributed by atoms with Gasteiger partial charge in [-0.05, 0) is 47.2 Å². The standard InChI is InChI=1S/C25H33N3O3/c1-24(2,3)19-11-15(12-20(23(19)30)25(4,5)6)21-13-18(31-28-21)14-22(29)27-17-9-7-16(26)8-10-17/h7-12,18,30H,13-14,26H2,1-6H3,(H,27,29). The largest absolute Gasteiger partial charge is 0.507 e. The van der Waals surface area contributed by atoms with E-state index in [1.807, 2.05) is 12.1 Å². The van der Waals surface area contributed by atoms with Gasteiger partial charge < -0.3 is 21.0 Å². The van der Waals surface area contributed by atoms with Crippen molar-refractivity contribution in [1.29, 1.82) is 0 Å². The number of phenolic OH excluding ortho intramolecular Hbond substituents is 1. The Bertz CT molecular complexity index is 961. The second-order valence-electron chi connectivity index (χ2n) is 10.3. The molecule has 4 N–H and O–H groups in total. The minimum atomic E-state index is -0.325. The Balaban J connectivity index is 1.75. The molecule has 0 saturated heterocycles.